The molecule has 0 bridgehead atoms. The summed E-state index contributed by atoms with van der Waals surface area (Å²) in [7, 11) is 0. The maximum atomic E-state index is 13.5. The van der Waals surface area contributed by atoms with Crippen molar-refractivity contribution in [3.05, 3.63) is 29.8 Å². The number of carbonyl (C=O) groups is 1. The first-order valence-electron chi connectivity index (χ1n) is 6.15. The van der Waals surface area contributed by atoms with E-state index in [-0.39, 0.29) is 17.0 Å². The van der Waals surface area contributed by atoms with E-state index < -0.39 is 5.82 Å². The Hall–Kier alpha value is -0.970. The molecule has 0 aromatic carbocycles. The third-order valence-corrected chi connectivity index (χ3v) is 4.54. The van der Waals surface area contributed by atoms with Crippen LogP contribution in [0.3, 0.4) is 0 Å². The van der Waals surface area contributed by atoms with Crippen LogP contribution in [0, 0.1) is 5.82 Å². The van der Waals surface area contributed by atoms with Gasteiger partial charge in [-0.2, -0.15) is 0 Å². The summed E-state index contributed by atoms with van der Waals surface area (Å²) in [5, 5.41) is 3.69. The van der Waals surface area contributed by atoms with Crippen LogP contribution in [0.25, 0.3) is 0 Å². The zero-order chi connectivity index (χ0) is 13.0. The van der Waals surface area contributed by atoms with E-state index in [4.69, 9.17) is 0 Å². The minimum atomic E-state index is -0.574. The smallest absolute Gasteiger partial charge is 0.254 e. The summed E-state index contributed by atoms with van der Waals surface area (Å²) in [4.78, 5) is 15.7. The molecule has 1 amide bonds. The van der Waals surface area contributed by atoms with Crippen LogP contribution in [0.2, 0.25) is 0 Å². The number of amides is 1. The highest BCUT2D eigenvalue weighted by Gasteiger charge is 2.33. The first-order valence-corrected chi connectivity index (χ1v) is 7.27. The molecule has 0 spiro atoms. The number of aromatic nitrogens is 1. The van der Waals surface area contributed by atoms with Gasteiger partial charge in [0.2, 0.25) is 0 Å². The highest BCUT2D eigenvalue weighted by molar-refractivity contribution is 9.09. The van der Waals surface area contributed by atoms with Crippen molar-refractivity contribution in [1.29, 1.82) is 0 Å². The van der Waals surface area contributed by atoms with E-state index in [1.54, 1.807) is 0 Å². The molecule has 0 radical (unpaired) electrons. The van der Waals surface area contributed by atoms with Crippen molar-refractivity contribution in [1.82, 2.24) is 10.3 Å². The molecule has 0 aliphatic heterocycles. The molecular weight excluding hydrogens is 299 g/mol. The number of halogens is 2. The summed E-state index contributed by atoms with van der Waals surface area (Å²) in [6, 6.07) is 1.41. The van der Waals surface area contributed by atoms with E-state index in [2.05, 4.69) is 26.2 Å². The summed E-state index contributed by atoms with van der Waals surface area (Å²) in [5.41, 5.74) is -0.165. The molecule has 5 heteroatoms. The second-order valence-corrected chi connectivity index (χ2v) is 5.35. The number of nitrogens with one attached hydrogen (secondary N) is 1. The van der Waals surface area contributed by atoms with Crippen LogP contribution in [0.15, 0.2) is 18.5 Å². The maximum absolute atomic E-state index is 13.5. The Kier molecular flexibility index (Phi) is 4.32. The lowest BCUT2D eigenvalue weighted by molar-refractivity contribution is 0.0882. The van der Waals surface area contributed by atoms with Gasteiger partial charge in [0.25, 0.3) is 5.91 Å². The standard InChI is InChI=1S/C13H16BrFN2O/c14-9-13(5-2-1-3-6-13)17-12(18)10-4-7-16-8-11(10)15/h4,7-8H,1-3,5-6,9H2,(H,17,18). The van der Waals surface area contributed by atoms with E-state index >= 15 is 0 Å². The predicted molar refractivity (Wildman–Crippen MR) is 71.3 cm³/mol. The second-order valence-electron chi connectivity index (χ2n) is 4.78. The molecule has 1 aliphatic rings. The van der Waals surface area contributed by atoms with Gasteiger partial charge in [-0.15, -0.1) is 0 Å². The van der Waals surface area contributed by atoms with Gasteiger partial charge in [0.15, 0.2) is 5.82 Å². The Morgan fingerprint density at radius 1 is 1.44 bits per heavy atom. The number of hydrogen-bond acceptors (Lipinski definition) is 2. The SMILES string of the molecule is O=C(NC1(CBr)CCCCC1)c1ccncc1F. The predicted octanol–water partition coefficient (Wildman–Crippen LogP) is 3.05. The van der Waals surface area contributed by atoms with E-state index in [0.717, 1.165) is 31.9 Å². The van der Waals surface area contributed by atoms with E-state index in [1.807, 2.05) is 0 Å². The third-order valence-electron chi connectivity index (χ3n) is 3.46. The molecule has 1 aromatic heterocycles. The normalized spacial score (nSPS) is 18.3. The quantitative estimate of drug-likeness (QED) is 0.871. The molecule has 1 fully saturated rings. The van der Waals surface area contributed by atoms with Crippen LogP contribution in [0.4, 0.5) is 4.39 Å². The molecule has 2 rings (SSSR count). The van der Waals surface area contributed by atoms with Crippen molar-refractivity contribution in [2.75, 3.05) is 5.33 Å². The first kappa shape index (κ1) is 13.5. The van der Waals surface area contributed by atoms with Crippen molar-refractivity contribution in [2.24, 2.45) is 0 Å². The van der Waals surface area contributed by atoms with Crippen molar-refractivity contribution >= 4 is 21.8 Å². The Morgan fingerprint density at radius 2 is 2.17 bits per heavy atom. The van der Waals surface area contributed by atoms with Gasteiger partial charge in [0.05, 0.1) is 17.3 Å². The van der Waals surface area contributed by atoms with Crippen LogP contribution in [0.5, 0.6) is 0 Å². The largest absolute Gasteiger partial charge is 0.346 e. The van der Waals surface area contributed by atoms with Crippen LogP contribution in [-0.4, -0.2) is 21.8 Å². The van der Waals surface area contributed by atoms with Crippen molar-refractivity contribution in [3.8, 4) is 0 Å². The van der Waals surface area contributed by atoms with Gasteiger partial charge in [-0.05, 0) is 18.9 Å². The summed E-state index contributed by atoms with van der Waals surface area (Å²) >= 11 is 3.47. The fourth-order valence-corrected chi connectivity index (χ4v) is 3.09. The Bertz CT molecular complexity index is 433. The molecular formula is C13H16BrFN2O. The monoisotopic (exact) mass is 314 g/mol. The Balaban J connectivity index is 2.13. The number of carbonyl (C=O) groups excluding carboxylic acids is 1. The molecule has 1 aromatic rings. The number of rotatable bonds is 3. The Morgan fingerprint density at radius 3 is 2.78 bits per heavy atom. The fraction of sp³-hybridized carbons (Fsp3) is 0.538. The maximum Gasteiger partial charge on any atom is 0.254 e. The zero-order valence-electron chi connectivity index (χ0n) is 10.1. The Labute approximate surface area is 114 Å². The summed E-state index contributed by atoms with van der Waals surface area (Å²) in [6.45, 7) is 0. The second kappa shape index (κ2) is 5.78. The van der Waals surface area contributed by atoms with Gasteiger partial charge in [0, 0.05) is 11.5 Å². The average molecular weight is 315 g/mol. The number of pyridine rings is 1. The van der Waals surface area contributed by atoms with Crippen LogP contribution >= 0.6 is 15.9 Å². The molecule has 1 heterocycles. The van der Waals surface area contributed by atoms with Crippen LogP contribution in [-0.2, 0) is 0 Å². The minimum absolute atomic E-state index is 0.0656. The number of alkyl halides is 1. The minimum Gasteiger partial charge on any atom is -0.346 e. The lowest BCUT2D eigenvalue weighted by Crippen LogP contribution is -2.51. The van der Waals surface area contributed by atoms with Crippen LogP contribution < -0.4 is 5.32 Å². The number of hydrogen-bond donors (Lipinski definition) is 1. The van der Waals surface area contributed by atoms with E-state index in [0.29, 0.717) is 5.33 Å². The lowest BCUT2D eigenvalue weighted by atomic mass is 9.83. The highest BCUT2D eigenvalue weighted by Crippen LogP contribution is 2.30. The topological polar surface area (TPSA) is 42.0 Å². The average Bonchev–Trinajstić information content (AvgIpc) is 2.40. The van der Waals surface area contributed by atoms with Gasteiger partial charge < -0.3 is 5.32 Å². The van der Waals surface area contributed by atoms with Gasteiger partial charge in [-0.3, -0.25) is 9.78 Å². The van der Waals surface area contributed by atoms with Crippen molar-refractivity contribution in [2.45, 2.75) is 37.6 Å². The first-order chi connectivity index (χ1) is 8.67. The molecule has 18 heavy (non-hydrogen) atoms. The number of nitrogens with zero attached hydrogens (tertiary/aromatic N) is 1. The molecule has 1 N–H and O–H groups in total. The van der Waals surface area contributed by atoms with Crippen molar-refractivity contribution < 1.29 is 9.18 Å². The fourth-order valence-electron chi connectivity index (χ4n) is 2.39. The molecule has 3 nitrogen and oxygen atoms in total. The molecule has 1 saturated carbocycles. The van der Waals surface area contributed by atoms with Gasteiger partial charge in [-0.1, -0.05) is 35.2 Å². The summed E-state index contributed by atoms with van der Waals surface area (Å²) < 4.78 is 13.5. The van der Waals surface area contributed by atoms with Crippen LogP contribution in [0.1, 0.15) is 42.5 Å². The summed E-state index contributed by atoms with van der Waals surface area (Å²) in [6.07, 6.45) is 7.79. The molecule has 0 atom stereocenters. The molecule has 1 aliphatic carbocycles. The van der Waals surface area contributed by atoms with Gasteiger partial charge in [0.1, 0.15) is 0 Å². The molecule has 0 unspecified atom stereocenters. The van der Waals surface area contributed by atoms with Crippen molar-refractivity contribution in [3.63, 3.8) is 0 Å². The highest BCUT2D eigenvalue weighted by atomic mass is 79.9. The third kappa shape index (κ3) is 2.88. The summed E-state index contributed by atoms with van der Waals surface area (Å²) in [5.74, 6) is -0.924. The molecule has 98 valence electrons. The molecule has 0 saturated heterocycles. The zero-order valence-corrected chi connectivity index (χ0v) is 11.7. The van der Waals surface area contributed by atoms with Gasteiger partial charge >= 0.3 is 0 Å². The van der Waals surface area contributed by atoms with E-state index in [9.17, 15) is 9.18 Å². The van der Waals surface area contributed by atoms with E-state index in [1.165, 1.54) is 18.7 Å². The lowest BCUT2D eigenvalue weighted by Gasteiger charge is -2.36. The van der Waals surface area contributed by atoms with Gasteiger partial charge in [-0.25, -0.2) is 4.39 Å².